The molecule has 2 amide bonds. The molecule has 11 heavy (non-hydrogen) atoms. The van der Waals surface area contributed by atoms with Gasteiger partial charge in [-0.05, 0) is 24.7 Å². The number of urea groups is 1. The Bertz CT molecular complexity index is 152. The zero-order chi connectivity index (χ0) is 8.32. The molecule has 0 heterocycles. The predicted molar refractivity (Wildman–Crippen MR) is 44.2 cm³/mol. The van der Waals surface area contributed by atoms with Crippen LogP contribution in [0.4, 0.5) is 4.79 Å². The summed E-state index contributed by atoms with van der Waals surface area (Å²) in [4.78, 5) is 10.4. The van der Waals surface area contributed by atoms with Crippen LogP contribution in [0.2, 0.25) is 0 Å². The van der Waals surface area contributed by atoms with Gasteiger partial charge in [-0.15, -0.1) is 0 Å². The van der Waals surface area contributed by atoms with Crippen molar-refractivity contribution in [3.8, 4) is 0 Å². The van der Waals surface area contributed by atoms with Gasteiger partial charge in [0.1, 0.15) is 0 Å². The van der Waals surface area contributed by atoms with Gasteiger partial charge in [-0.2, -0.15) is 0 Å². The minimum absolute atomic E-state index is 0.396. The first-order chi connectivity index (χ1) is 5.18. The Morgan fingerprint density at radius 1 is 1.64 bits per heavy atom. The van der Waals surface area contributed by atoms with Crippen molar-refractivity contribution < 1.29 is 4.79 Å². The first-order valence-corrected chi connectivity index (χ1v) is 4.22. The molecule has 3 N–H and O–H groups in total. The van der Waals surface area contributed by atoms with E-state index < -0.39 is 6.03 Å². The molecule has 0 spiro atoms. The summed E-state index contributed by atoms with van der Waals surface area (Å²) in [5, 5.41) is 2.67. The number of amides is 2. The molecule has 1 fully saturated rings. The average Bonchev–Trinajstić information content (AvgIpc) is 2.67. The lowest BCUT2D eigenvalue weighted by atomic mass is 10.0. The van der Waals surface area contributed by atoms with Gasteiger partial charge >= 0.3 is 6.03 Å². The van der Waals surface area contributed by atoms with Crippen LogP contribution in [0.5, 0.6) is 0 Å². The van der Waals surface area contributed by atoms with Crippen LogP contribution in [0.1, 0.15) is 32.6 Å². The SMILES string of the molecule is CCCC1(CNC(N)=O)CC1. The van der Waals surface area contributed by atoms with Crippen molar-refractivity contribution in [2.24, 2.45) is 11.1 Å². The van der Waals surface area contributed by atoms with E-state index in [2.05, 4.69) is 12.2 Å². The summed E-state index contributed by atoms with van der Waals surface area (Å²) in [7, 11) is 0. The lowest BCUT2D eigenvalue weighted by molar-refractivity contribution is 0.245. The fourth-order valence-corrected chi connectivity index (χ4v) is 1.50. The van der Waals surface area contributed by atoms with Gasteiger partial charge in [-0.1, -0.05) is 13.3 Å². The van der Waals surface area contributed by atoms with Crippen molar-refractivity contribution in [2.45, 2.75) is 32.6 Å². The highest BCUT2D eigenvalue weighted by Gasteiger charge is 2.41. The maximum absolute atomic E-state index is 10.4. The topological polar surface area (TPSA) is 55.1 Å². The quantitative estimate of drug-likeness (QED) is 0.632. The summed E-state index contributed by atoms with van der Waals surface area (Å²) >= 11 is 0. The average molecular weight is 156 g/mol. The molecule has 0 aromatic rings. The normalized spacial score (nSPS) is 19.4. The Labute approximate surface area is 67.3 Å². The number of nitrogens with one attached hydrogen (secondary N) is 1. The monoisotopic (exact) mass is 156 g/mol. The van der Waals surface area contributed by atoms with Gasteiger partial charge in [0.15, 0.2) is 0 Å². The third-order valence-electron chi connectivity index (χ3n) is 2.38. The summed E-state index contributed by atoms with van der Waals surface area (Å²) in [6.07, 6.45) is 4.91. The molecule has 0 radical (unpaired) electrons. The molecule has 0 bridgehead atoms. The molecular weight excluding hydrogens is 140 g/mol. The molecular formula is C8H16N2O. The molecule has 0 unspecified atom stereocenters. The van der Waals surface area contributed by atoms with Crippen LogP contribution in [-0.4, -0.2) is 12.6 Å². The zero-order valence-corrected chi connectivity index (χ0v) is 7.02. The first-order valence-electron chi connectivity index (χ1n) is 4.22. The van der Waals surface area contributed by atoms with Gasteiger partial charge in [0.05, 0.1) is 0 Å². The van der Waals surface area contributed by atoms with Gasteiger partial charge in [0.2, 0.25) is 0 Å². The van der Waals surface area contributed by atoms with E-state index in [4.69, 9.17) is 5.73 Å². The molecule has 1 rings (SSSR count). The highest BCUT2D eigenvalue weighted by Crippen LogP contribution is 2.48. The molecule has 0 aliphatic heterocycles. The first kappa shape index (κ1) is 8.37. The molecule has 0 atom stereocenters. The van der Waals surface area contributed by atoms with Crippen molar-refractivity contribution in [3.63, 3.8) is 0 Å². The Hall–Kier alpha value is -0.730. The number of carbonyl (C=O) groups excluding carboxylic acids is 1. The van der Waals surface area contributed by atoms with Crippen molar-refractivity contribution in [1.29, 1.82) is 0 Å². The minimum Gasteiger partial charge on any atom is -0.352 e. The molecule has 3 heteroatoms. The minimum atomic E-state index is -0.396. The second kappa shape index (κ2) is 3.11. The Morgan fingerprint density at radius 3 is 2.64 bits per heavy atom. The number of hydrogen-bond donors (Lipinski definition) is 2. The molecule has 0 aromatic heterocycles. The molecule has 1 saturated carbocycles. The second-order valence-electron chi connectivity index (χ2n) is 3.47. The fraction of sp³-hybridized carbons (Fsp3) is 0.875. The molecule has 3 nitrogen and oxygen atoms in total. The van der Waals surface area contributed by atoms with Gasteiger partial charge < -0.3 is 11.1 Å². The smallest absolute Gasteiger partial charge is 0.312 e. The number of primary amides is 1. The van der Waals surface area contributed by atoms with Gasteiger partial charge in [0.25, 0.3) is 0 Å². The zero-order valence-electron chi connectivity index (χ0n) is 7.02. The standard InChI is InChI=1S/C8H16N2O/c1-2-3-8(4-5-8)6-10-7(9)11/h2-6H2,1H3,(H3,9,10,11). The number of hydrogen-bond acceptors (Lipinski definition) is 1. The molecule has 1 aliphatic rings. The predicted octanol–water partition coefficient (Wildman–Crippen LogP) is 1.24. The molecule has 0 saturated heterocycles. The second-order valence-corrected chi connectivity index (χ2v) is 3.47. The van der Waals surface area contributed by atoms with Gasteiger partial charge in [-0.3, -0.25) is 0 Å². The Morgan fingerprint density at radius 2 is 2.27 bits per heavy atom. The lowest BCUT2D eigenvalue weighted by Gasteiger charge is -2.12. The van der Waals surface area contributed by atoms with E-state index in [1.807, 2.05) is 0 Å². The third-order valence-corrected chi connectivity index (χ3v) is 2.38. The Kier molecular flexibility index (Phi) is 2.37. The van der Waals surface area contributed by atoms with E-state index >= 15 is 0 Å². The summed E-state index contributed by atoms with van der Waals surface area (Å²) in [5.74, 6) is 0. The van der Waals surface area contributed by atoms with Crippen LogP contribution in [0.3, 0.4) is 0 Å². The number of rotatable bonds is 4. The molecule has 64 valence electrons. The number of nitrogens with two attached hydrogens (primary N) is 1. The summed E-state index contributed by atoms with van der Waals surface area (Å²) < 4.78 is 0. The maximum atomic E-state index is 10.4. The van der Waals surface area contributed by atoms with Crippen LogP contribution in [0.25, 0.3) is 0 Å². The summed E-state index contributed by atoms with van der Waals surface area (Å²) in [5.41, 5.74) is 5.39. The van der Waals surface area contributed by atoms with Crippen LogP contribution >= 0.6 is 0 Å². The van der Waals surface area contributed by atoms with Crippen molar-refractivity contribution in [3.05, 3.63) is 0 Å². The summed E-state index contributed by atoms with van der Waals surface area (Å²) in [6, 6.07) is -0.396. The highest BCUT2D eigenvalue weighted by molar-refractivity contribution is 5.71. The van der Waals surface area contributed by atoms with Crippen molar-refractivity contribution in [1.82, 2.24) is 5.32 Å². The highest BCUT2D eigenvalue weighted by atomic mass is 16.2. The van der Waals surface area contributed by atoms with Crippen molar-refractivity contribution >= 4 is 6.03 Å². The fourth-order valence-electron chi connectivity index (χ4n) is 1.50. The van der Waals surface area contributed by atoms with E-state index in [-0.39, 0.29) is 0 Å². The van der Waals surface area contributed by atoms with Gasteiger partial charge in [-0.25, -0.2) is 4.79 Å². The van der Waals surface area contributed by atoms with Crippen LogP contribution in [-0.2, 0) is 0 Å². The number of carbonyl (C=O) groups is 1. The van der Waals surface area contributed by atoms with Gasteiger partial charge in [0, 0.05) is 6.54 Å². The van der Waals surface area contributed by atoms with E-state index in [0.717, 1.165) is 6.54 Å². The largest absolute Gasteiger partial charge is 0.352 e. The van der Waals surface area contributed by atoms with E-state index in [1.54, 1.807) is 0 Å². The van der Waals surface area contributed by atoms with Crippen LogP contribution < -0.4 is 11.1 Å². The van der Waals surface area contributed by atoms with Crippen LogP contribution in [0.15, 0.2) is 0 Å². The summed E-state index contributed by atoms with van der Waals surface area (Å²) in [6.45, 7) is 2.94. The molecule has 0 aromatic carbocycles. The molecule has 1 aliphatic carbocycles. The van der Waals surface area contributed by atoms with Crippen LogP contribution in [0, 0.1) is 5.41 Å². The Balaban J connectivity index is 2.19. The maximum Gasteiger partial charge on any atom is 0.312 e. The third kappa shape index (κ3) is 2.41. The van der Waals surface area contributed by atoms with E-state index in [9.17, 15) is 4.79 Å². The lowest BCUT2D eigenvalue weighted by Crippen LogP contribution is -2.34. The van der Waals surface area contributed by atoms with Crippen molar-refractivity contribution in [2.75, 3.05) is 6.54 Å². The van der Waals surface area contributed by atoms with E-state index in [1.165, 1.54) is 25.7 Å². The van der Waals surface area contributed by atoms with E-state index in [0.29, 0.717) is 5.41 Å².